The average Bonchev–Trinajstić information content (AvgIpc) is 3.60. The van der Waals surface area contributed by atoms with Gasteiger partial charge in [0.25, 0.3) is 0 Å². The van der Waals surface area contributed by atoms with E-state index in [4.69, 9.17) is 21.4 Å². The molecule has 0 aliphatic carbocycles. The predicted octanol–water partition coefficient (Wildman–Crippen LogP) is 6.66. The van der Waals surface area contributed by atoms with E-state index in [2.05, 4.69) is 6.07 Å². The lowest BCUT2D eigenvalue weighted by molar-refractivity contribution is -0.139. The molecule has 0 radical (unpaired) electrons. The molecule has 0 aliphatic rings. The van der Waals surface area contributed by atoms with Crippen molar-refractivity contribution in [1.82, 2.24) is 3.97 Å². The molecule has 0 bridgehead atoms. The minimum absolute atomic E-state index is 0.363. The number of hydrogen-bond acceptors (Lipinski definition) is 6. The molecular weight excluding hydrogens is 524 g/mol. The maximum Gasteiger partial charge on any atom is 0.341 e. The van der Waals surface area contributed by atoms with Crippen molar-refractivity contribution in [3.8, 4) is 33.5 Å². The summed E-state index contributed by atoms with van der Waals surface area (Å²) in [5.74, 6) is -0.724. The number of fused-ring (bicyclic) bond motifs is 1. The molecule has 0 saturated carbocycles. The van der Waals surface area contributed by atoms with Gasteiger partial charge in [-0.05, 0) is 65.4 Å². The van der Waals surface area contributed by atoms with Crippen molar-refractivity contribution >= 4 is 62.5 Å². The topological polar surface area (TPSA) is 98.3 Å². The van der Waals surface area contributed by atoms with E-state index in [-0.39, 0.29) is 0 Å². The van der Waals surface area contributed by atoms with Crippen LogP contribution in [0.5, 0.6) is 5.75 Å². The Morgan fingerprint density at radius 1 is 1.14 bits per heavy atom. The van der Waals surface area contributed by atoms with E-state index in [1.54, 1.807) is 46.4 Å². The van der Waals surface area contributed by atoms with Gasteiger partial charge in [-0.15, -0.1) is 22.7 Å². The van der Waals surface area contributed by atoms with Gasteiger partial charge in [0, 0.05) is 21.5 Å². The largest absolute Gasteiger partial charge is 0.587 e. The average molecular weight is 539 g/mol. The molecule has 6 nitrogen and oxygen atoms in total. The van der Waals surface area contributed by atoms with Gasteiger partial charge in [0.05, 0.1) is 10.4 Å². The summed E-state index contributed by atoms with van der Waals surface area (Å²) in [6, 6.07) is 20.0. The normalized spacial score (nSPS) is 11.9. The van der Waals surface area contributed by atoms with Gasteiger partial charge in [-0.25, -0.2) is 4.79 Å². The number of carbonyl (C=O) groups is 1. The molecule has 1 atom stereocenters. The maximum atomic E-state index is 14.0. The molecule has 0 spiro atoms. The molecule has 3 aromatic heterocycles. The third kappa shape index (κ3) is 4.43. The van der Waals surface area contributed by atoms with Gasteiger partial charge in [-0.1, -0.05) is 17.7 Å². The fourth-order valence-corrected chi connectivity index (χ4v) is 6.72. The van der Waals surface area contributed by atoms with Crippen molar-refractivity contribution in [3.63, 3.8) is 0 Å². The molecule has 5 rings (SSSR count). The molecular formula is C25H15ClN2O4S3. The van der Waals surface area contributed by atoms with E-state index in [0.29, 0.717) is 42.7 Å². The highest BCUT2D eigenvalue weighted by atomic mass is 35.5. The van der Waals surface area contributed by atoms with Crippen LogP contribution < -0.4 is 4.74 Å². The number of carboxylic acids is 1. The van der Waals surface area contributed by atoms with E-state index in [1.165, 1.54) is 22.7 Å². The molecule has 0 aliphatic heterocycles. The van der Waals surface area contributed by atoms with E-state index in [9.17, 15) is 14.6 Å². The monoisotopic (exact) mass is 538 g/mol. The molecule has 5 aromatic rings. The number of rotatable bonds is 7. The number of benzene rings is 2. The third-order valence-electron chi connectivity index (χ3n) is 5.23. The third-order valence-corrected chi connectivity index (χ3v) is 8.56. The van der Waals surface area contributed by atoms with E-state index >= 15 is 0 Å². The number of halogens is 1. The van der Waals surface area contributed by atoms with Crippen LogP contribution in [0.2, 0.25) is 5.02 Å². The van der Waals surface area contributed by atoms with Crippen LogP contribution >= 0.6 is 34.3 Å². The van der Waals surface area contributed by atoms with Crippen LogP contribution in [-0.4, -0.2) is 26.2 Å². The molecule has 1 unspecified atom stereocenters. The minimum Gasteiger partial charge on any atom is -0.587 e. The summed E-state index contributed by atoms with van der Waals surface area (Å²) in [7, 11) is 0. The number of aromatic nitrogens is 1. The molecule has 0 saturated heterocycles. The lowest BCUT2D eigenvalue weighted by atomic mass is 10.0. The number of carboxylic acid groups (broad SMARTS) is 1. The van der Waals surface area contributed by atoms with Crippen LogP contribution in [0.1, 0.15) is 4.88 Å². The summed E-state index contributed by atoms with van der Waals surface area (Å²) < 4.78 is 21.2. The van der Waals surface area contributed by atoms with Crippen molar-refractivity contribution in [2.24, 2.45) is 0 Å². The van der Waals surface area contributed by atoms with Gasteiger partial charge < -0.3 is 14.4 Å². The Morgan fingerprint density at radius 3 is 2.63 bits per heavy atom. The molecule has 10 heteroatoms. The number of ether oxygens (including phenoxy) is 1. The minimum atomic E-state index is -1.64. The van der Waals surface area contributed by atoms with Crippen LogP contribution in [0.3, 0.4) is 0 Å². The van der Waals surface area contributed by atoms with Crippen molar-refractivity contribution in [2.45, 2.75) is 4.90 Å². The van der Waals surface area contributed by atoms with Crippen LogP contribution in [0.4, 0.5) is 0 Å². The Morgan fingerprint density at radius 2 is 1.94 bits per heavy atom. The molecule has 0 amide bonds. The van der Waals surface area contributed by atoms with Gasteiger partial charge in [0.1, 0.15) is 33.8 Å². The zero-order chi connectivity index (χ0) is 24.5. The smallest absolute Gasteiger partial charge is 0.341 e. The Kier molecular flexibility index (Phi) is 6.56. The van der Waals surface area contributed by atoms with Gasteiger partial charge in [-0.2, -0.15) is 9.23 Å². The first-order valence-corrected chi connectivity index (χ1v) is 13.4. The molecule has 1 N–H and O–H groups in total. The van der Waals surface area contributed by atoms with E-state index < -0.39 is 23.9 Å². The Balaban J connectivity index is 1.84. The maximum absolute atomic E-state index is 14.0. The van der Waals surface area contributed by atoms with Crippen molar-refractivity contribution in [3.05, 3.63) is 81.3 Å². The molecule has 3 heterocycles. The zero-order valence-corrected chi connectivity index (χ0v) is 21.0. The Bertz CT molecular complexity index is 1570. The standard InChI is InChI=1S/C25H15ClN2O4S3/c26-15-3-6-17(7-4-15)35(31)28-20-8-5-16(32-14-23(29)30)12-19(20)24(18-9-11-34-22(18)13-27)25(28)21-2-1-10-33-21/h1-12H,14H2,(H,29,30). The summed E-state index contributed by atoms with van der Waals surface area (Å²) in [6.45, 7) is -0.488. The summed E-state index contributed by atoms with van der Waals surface area (Å²) in [5.41, 5.74) is 2.82. The molecule has 174 valence electrons. The first-order chi connectivity index (χ1) is 17.0. The highest BCUT2D eigenvalue weighted by molar-refractivity contribution is 7.90. The Labute approximate surface area is 216 Å². The lowest BCUT2D eigenvalue weighted by Gasteiger charge is -2.15. The van der Waals surface area contributed by atoms with Crippen LogP contribution in [0.15, 0.2) is 76.3 Å². The summed E-state index contributed by atoms with van der Waals surface area (Å²) in [6.07, 6.45) is 0. The number of hydrogen-bond donors (Lipinski definition) is 1. The highest BCUT2D eigenvalue weighted by Gasteiger charge is 2.30. The van der Waals surface area contributed by atoms with Gasteiger partial charge >= 0.3 is 5.97 Å². The molecule has 2 aromatic carbocycles. The van der Waals surface area contributed by atoms with E-state index in [0.717, 1.165) is 10.4 Å². The van der Waals surface area contributed by atoms with Crippen LogP contribution in [-0.2, 0) is 16.2 Å². The second-order valence-electron chi connectivity index (χ2n) is 7.33. The van der Waals surface area contributed by atoms with Crippen molar-refractivity contribution in [2.75, 3.05) is 6.61 Å². The predicted molar refractivity (Wildman–Crippen MR) is 140 cm³/mol. The quantitative estimate of drug-likeness (QED) is 0.234. The number of thiophene rings is 2. The van der Waals surface area contributed by atoms with Crippen LogP contribution in [0.25, 0.3) is 32.6 Å². The first kappa shape index (κ1) is 23.5. The Hall–Kier alpha value is -3.26. The van der Waals surface area contributed by atoms with Crippen molar-refractivity contribution < 1.29 is 19.2 Å². The SMILES string of the molecule is N#Cc1sccc1-c1c(-c2cccs2)n([S+]([O-])c2ccc(Cl)cc2)c2ccc(OCC(=O)O)cc12. The fraction of sp³-hybridized carbons (Fsp3) is 0.0400. The van der Waals surface area contributed by atoms with Crippen LogP contribution in [0, 0.1) is 11.3 Å². The second-order valence-corrected chi connectivity index (χ2v) is 11.0. The van der Waals surface area contributed by atoms with E-state index in [1.807, 2.05) is 29.0 Å². The lowest BCUT2D eigenvalue weighted by Crippen LogP contribution is -2.14. The summed E-state index contributed by atoms with van der Waals surface area (Å²) in [5, 5.41) is 23.8. The number of nitriles is 1. The first-order valence-electron chi connectivity index (χ1n) is 10.2. The van der Waals surface area contributed by atoms with Gasteiger partial charge in [-0.3, -0.25) is 0 Å². The second kappa shape index (κ2) is 9.77. The van der Waals surface area contributed by atoms with Gasteiger partial charge in [0.15, 0.2) is 11.5 Å². The number of nitrogens with zero attached hydrogens (tertiary/aromatic N) is 2. The zero-order valence-electron chi connectivity index (χ0n) is 17.8. The fourth-order valence-electron chi connectivity index (χ4n) is 3.81. The molecule has 35 heavy (non-hydrogen) atoms. The number of aliphatic carboxylic acids is 1. The summed E-state index contributed by atoms with van der Waals surface area (Å²) >= 11 is 7.24. The molecule has 0 fully saturated rings. The summed E-state index contributed by atoms with van der Waals surface area (Å²) in [4.78, 5) is 13.0. The van der Waals surface area contributed by atoms with Gasteiger partial charge in [0.2, 0.25) is 0 Å². The highest BCUT2D eigenvalue weighted by Crippen LogP contribution is 2.46. The van der Waals surface area contributed by atoms with Crippen molar-refractivity contribution in [1.29, 1.82) is 5.26 Å².